The van der Waals surface area contributed by atoms with E-state index in [0.717, 1.165) is 5.56 Å². The van der Waals surface area contributed by atoms with E-state index in [1.165, 1.54) is 18.2 Å². The number of halogens is 1. The van der Waals surface area contributed by atoms with E-state index in [-0.39, 0.29) is 5.82 Å². The van der Waals surface area contributed by atoms with Crippen molar-refractivity contribution < 1.29 is 13.9 Å². The molecule has 0 bridgehead atoms. The molecule has 0 amide bonds. The number of nitrogens with two attached hydrogens (primary N) is 1. The van der Waals surface area contributed by atoms with Crippen LogP contribution in [-0.4, -0.2) is 12.6 Å². The average molecular weight is 237 g/mol. The summed E-state index contributed by atoms with van der Waals surface area (Å²) in [5.74, 6) is -0.687. The van der Waals surface area contributed by atoms with Crippen LogP contribution in [0.2, 0.25) is 0 Å². The Morgan fingerprint density at radius 1 is 1.41 bits per heavy atom. The number of esters is 1. The van der Waals surface area contributed by atoms with Gasteiger partial charge in [-0.1, -0.05) is 12.1 Å². The molecule has 4 heteroatoms. The maximum atomic E-state index is 12.6. The molecule has 0 saturated heterocycles. The van der Waals surface area contributed by atoms with Gasteiger partial charge in [0.05, 0.1) is 6.61 Å². The van der Waals surface area contributed by atoms with Crippen LogP contribution in [0.5, 0.6) is 0 Å². The van der Waals surface area contributed by atoms with E-state index in [9.17, 15) is 9.18 Å². The number of carbonyl (C=O) groups is 1. The molecule has 0 radical (unpaired) electrons. The van der Waals surface area contributed by atoms with Gasteiger partial charge in [0.1, 0.15) is 5.82 Å². The smallest absolute Gasteiger partial charge is 0.332 e. The molecule has 1 rings (SSSR count). The highest BCUT2D eigenvalue weighted by Gasteiger charge is 2.00. The van der Waals surface area contributed by atoms with E-state index < -0.39 is 5.97 Å². The Morgan fingerprint density at radius 3 is 2.65 bits per heavy atom. The molecule has 1 aromatic rings. The van der Waals surface area contributed by atoms with Gasteiger partial charge in [-0.3, -0.25) is 0 Å². The third kappa shape index (κ3) is 5.15. The molecule has 0 aliphatic carbocycles. The van der Waals surface area contributed by atoms with Crippen molar-refractivity contribution in [3.63, 3.8) is 0 Å². The normalized spacial score (nSPS) is 11.3. The maximum Gasteiger partial charge on any atom is 0.332 e. The maximum absolute atomic E-state index is 12.6. The van der Waals surface area contributed by atoms with Crippen LogP contribution in [-0.2, 0) is 16.0 Å². The van der Waals surface area contributed by atoms with E-state index in [4.69, 9.17) is 10.5 Å². The molecule has 0 aromatic heterocycles. The molecule has 2 N–H and O–H groups in total. The van der Waals surface area contributed by atoms with Crippen LogP contribution in [0.25, 0.3) is 0 Å². The van der Waals surface area contributed by atoms with E-state index in [0.29, 0.717) is 25.1 Å². The van der Waals surface area contributed by atoms with Crippen molar-refractivity contribution in [3.8, 4) is 0 Å². The minimum atomic E-state index is -0.427. The Balaban J connectivity index is 2.45. The van der Waals surface area contributed by atoms with Gasteiger partial charge in [0.25, 0.3) is 0 Å². The predicted molar refractivity (Wildman–Crippen MR) is 63.6 cm³/mol. The first-order valence-electron chi connectivity index (χ1n) is 5.49. The topological polar surface area (TPSA) is 52.3 Å². The zero-order valence-electron chi connectivity index (χ0n) is 9.78. The molecule has 0 unspecified atom stereocenters. The van der Waals surface area contributed by atoms with Crippen molar-refractivity contribution in [1.82, 2.24) is 0 Å². The fraction of sp³-hybridized carbons (Fsp3) is 0.308. The van der Waals surface area contributed by atoms with Crippen LogP contribution in [0.1, 0.15) is 18.9 Å². The molecule has 1 aromatic carbocycles. The summed E-state index contributed by atoms with van der Waals surface area (Å²) < 4.78 is 17.4. The first-order valence-corrected chi connectivity index (χ1v) is 5.49. The second kappa shape index (κ2) is 6.68. The van der Waals surface area contributed by atoms with Crippen molar-refractivity contribution in [2.45, 2.75) is 19.8 Å². The van der Waals surface area contributed by atoms with Gasteiger partial charge in [-0.15, -0.1) is 0 Å². The van der Waals surface area contributed by atoms with Crippen LogP contribution in [0, 0.1) is 5.82 Å². The monoisotopic (exact) mass is 237 g/mol. The lowest BCUT2D eigenvalue weighted by molar-refractivity contribution is -0.137. The Morgan fingerprint density at radius 2 is 2.06 bits per heavy atom. The van der Waals surface area contributed by atoms with Gasteiger partial charge in [-0.05, 0) is 37.5 Å². The third-order valence-corrected chi connectivity index (χ3v) is 2.21. The van der Waals surface area contributed by atoms with E-state index in [2.05, 4.69) is 0 Å². The minimum Gasteiger partial charge on any atom is -0.463 e. The fourth-order valence-corrected chi connectivity index (χ4v) is 1.35. The summed E-state index contributed by atoms with van der Waals surface area (Å²) in [5.41, 5.74) is 7.11. The highest BCUT2D eigenvalue weighted by atomic mass is 19.1. The second-order valence-corrected chi connectivity index (χ2v) is 3.60. The molecular formula is C13H16FNO2. The van der Waals surface area contributed by atoms with Crippen molar-refractivity contribution in [1.29, 1.82) is 0 Å². The zero-order valence-corrected chi connectivity index (χ0v) is 9.78. The summed E-state index contributed by atoms with van der Waals surface area (Å²) in [6.45, 7) is 2.07. The van der Waals surface area contributed by atoms with Gasteiger partial charge in [0.2, 0.25) is 0 Å². The second-order valence-electron chi connectivity index (χ2n) is 3.60. The van der Waals surface area contributed by atoms with Crippen molar-refractivity contribution in [2.24, 2.45) is 5.73 Å². The van der Waals surface area contributed by atoms with Gasteiger partial charge in [0.15, 0.2) is 0 Å². The van der Waals surface area contributed by atoms with Crippen molar-refractivity contribution in [2.75, 3.05) is 6.61 Å². The van der Waals surface area contributed by atoms with E-state index in [1.54, 1.807) is 19.1 Å². The highest BCUT2D eigenvalue weighted by Crippen LogP contribution is 2.07. The predicted octanol–water partition coefficient (Wildman–Crippen LogP) is 2.16. The quantitative estimate of drug-likeness (QED) is 0.630. The number of hydrogen-bond donors (Lipinski definition) is 1. The molecule has 0 aliphatic rings. The Bertz CT molecular complexity index is 398. The largest absolute Gasteiger partial charge is 0.463 e. The summed E-state index contributed by atoms with van der Waals surface area (Å²) in [6.07, 6.45) is 2.50. The summed E-state index contributed by atoms with van der Waals surface area (Å²) in [6, 6.07) is 6.21. The Hall–Kier alpha value is -1.84. The number of aryl methyl sites for hydroxylation is 1. The van der Waals surface area contributed by atoms with Crippen LogP contribution in [0.3, 0.4) is 0 Å². The fourth-order valence-electron chi connectivity index (χ4n) is 1.35. The number of allylic oxidation sites excluding steroid dienone is 1. The summed E-state index contributed by atoms with van der Waals surface area (Å²) in [7, 11) is 0. The number of carbonyl (C=O) groups excluding carboxylic acids is 1. The molecule has 92 valence electrons. The molecule has 0 atom stereocenters. The van der Waals surface area contributed by atoms with Gasteiger partial charge in [-0.25, -0.2) is 9.18 Å². The minimum absolute atomic E-state index is 0.260. The number of ether oxygens (including phenoxy) is 1. The summed E-state index contributed by atoms with van der Waals surface area (Å²) >= 11 is 0. The molecule has 0 spiro atoms. The first kappa shape index (κ1) is 13.2. The average Bonchev–Trinajstić information content (AvgIpc) is 2.28. The first-order chi connectivity index (χ1) is 8.11. The SMILES string of the molecule is CCOC(=O)/C=C(\N)CCc1ccc(F)cc1. The lowest BCUT2D eigenvalue weighted by atomic mass is 10.1. The van der Waals surface area contributed by atoms with Gasteiger partial charge >= 0.3 is 5.97 Å². The van der Waals surface area contributed by atoms with Gasteiger partial charge in [-0.2, -0.15) is 0 Å². The molecule has 0 fully saturated rings. The Labute approximate surface area is 100 Å². The molecule has 17 heavy (non-hydrogen) atoms. The van der Waals surface area contributed by atoms with Crippen molar-refractivity contribution in [3.05, 3.63) is 47.4 Å². The molecule has 0 heterocycles. The molecular weight excluding hydrogens is 221 g/mol. The van der Waals surface area contributed by atoms with Crippen molar-refractivity contribution >= 4 is 5.97 Å². The number of rotatable bonds is 5. The van der Waals surface area contributed by atoms with E-state index >= 15 is 0 Å². The lowest BCUT2D eigenvalue weighted by Crippen LogP contribution is -2.06. The number of benzene rings is 1. The highest BCUT2D eigenvalue weighted by molar-refractivity contribution is 5.82. The van der Waals surface area contributed by atoms with Crippen LogP contribution in [0.4, 0.5) is 4.39 Å². The molecule has 0 saturated carbocycles. The van der Waals surface area contributed by atoms with Gasteiger partial charge in [0, 0.05) is 11.8 Å². The molecule has 3 nitrogen and oxygen atoms in total. The molecule has 0 aliphatic heterocycles. The third-order valence-electron chi connectivity index (χ3n) is 2.21. The standard InChI is InChI=1S/C13H16FNO2/c1-2-17-13(16)9-12(15)8-5-10-3-6-11(14)7-4-10/h3-4,6-7,9H,2,5,8,15H2,1H3/b12-9-. The van der Waals surface area contributed by atoms with Crippen LogP contribution in [0.15, 0.2) is 36.0 Å². The lowest BCUT2D eigenvalue weighted by Gasteiger charge is -2.02. The zero-order chi connectivity index (χ0) is 12.7. The number of hydrogen-bond acceptors (Lipinski definition) is 3. The summed E-state index contributed by atoms with van der Waals surface area (Å²) in [4.78, 5) is 11.1. The van der Waals surface area contributed by atoms with Crippen LogP contribution < -0.4 is 5.73 Å². The van der Waals surface area contributed by atoms with Crippen LogP contribution >= 0.6 is 0 Å². The van der Waals surface area contributed by atoms with E-state index in [1.807, 2.05) is 0 Å². The summed E-state index contributed by atoms with van der Waals surface area (Å²) in [5, 5.41) is 0. The Kier molecular flexibility index (Phi) is 5.20. The van der Waals surface area contributed by atoms with Gasteiger partial charge < -0.3 is 10.5 Å².